The molecule has 0 spiro atoms. The summed E-state index contributed by atoms with van der Waals surface area (Å²) in [6.07, 6.45) is 6.15. The standard InChI is InChI=1S/C16H12/c1-2-6-12-8-5-10-15-14-9-4-3-7-13(14)11-16(12)15/h2-11H,1H2. The van der Waals surface area contributed by atoms with Gasteiger partial charge in [-0.25, -0.2) is 0 Å². The van der Waals surface area contributed by atoms with Crippen molar-refractivity contribution >= 4 is 12.2 Å². The van der Waals surface area contributed by atoms with E-state index >= 15 is 0 Å². The van der Waals surface area contributed by atoms with E-state index in [1.807, 2.05) is 6.08 Å². The van der Waals surface area contributed by atoms with Gasteiger partial charge >= 0.3 is 0 Å². The zero-order valence-corrected chi connectivity index (χ0v) is 8.98. The van der Waals surface area contributed by atoms with Crippen molar-refractivity contribution in [1.29, 1.82) is 0 Å². The molecule has 2 aromatic carbocycles. The molecule has 0 fully saturated rings. The highest BCUT2D eigenvalue weighted by atomic mass is 14.1. The van der Waals surface area contributed by atoms with E-state index in [0.29, 0.717) is 0 Å². The quantitative estimate of drug-likeness (QED) is 0.571. The van der Waals surface area contributed by atoms with E-state index in [9.17, 15) is 0 Å². The zero-order chi connectivity index (χ0) is 11.0. The lowest BCUT2D eigenvalue weighted by atomic mass is 10.0. The van der Waals surface area contributed by atoms with E-state index in [0.717, 1.165) is 0 Å². The molecule has 0 saturated heterocycles. The Morgan fingerprint density at radius 1 is 0.875 bits per heavy atom. The molecule has 0 unspecified atom stereocenters. The number of hydrogen-bond acceptors (Lipinski definition) is 0. The van der Waals surface area contributed by atoms with Crippen LogP contribution in [0.3, 0.4) is 0 Å². The first-order valence-corrected chi connectivity index (χ1v) is 5.43. The summed E-state index contributed by atoms with van der Waals surface area (Å²) in [5.41, 5.74) is 3.96. The third-order valence-electron chi connectivity index (χ3n) is 2.99. The van der Waals surface area contributed by atoms with Gasteiger partial charge in [-0.05, 0) is 33.2 Å². The summed E-state index contributed by atoms with van der Waals surface area (Å²) >= 11 is 0. The van der Waals surface area contributed by atoms with Gasteiger partial charge in [0, 0.05) is 0 Å². The molecular formula is C16H12. The Kier molecular flexibility index (Phi) is 2.00. The maximum atomic E-state index is 3.76. The average molecular weight is 204 g/mol. The van der Waals surface area contributed by atoms with Gasteiger partial charge in [-0.2, -0.15) is 0 Å². The predicted octanol–water partition coefficient (Wildman–Crippen LogP) is 2.46. The van der Waals surface area contributed by atoms with Crippen LogP contribution in [-0.4, -0.2) is 0 Å². The van der Waals surface area contributed by atoms with Crippen molar-refractivity contribution in [2.24, 2.45) is 0 Å². The van der Waals surface area contributed by atoms with Crippen LogP contribution in [-0.2, 0) is 0 Å². The maximum Gasteiger partial charge on any atom is -0.00990 e. The summed E-state index contributed by atoms with van der Waals surface area (Å²) < 4.78 is 0. The van der Waals surface area contributed by atoms with Crippen molar-refractivity contribution in [3.8, 4) is 11.1 Å². The molecule has 0 bridgehead atoms. The number of allylic oxidation sites excluding steroid dienone is 1. The molecule has 1 aliphatic carbocycles. The highest BCUT2D eigenvalue weighted by molar-refractivity contribution is 5.82. The molecule has 0 heterocycles. The minimum Gasteiger partial charge on any atom is -0.0990 e. The van der Waals surface area contributed by atoms with E-state index in [2.05, 4.69) is 61.2 Å². The summed E-state index contributed by atoms with van der Waals surface area (Å²) in [6, 6.07) is 14.9. The molecule has 16 heavy (non-hydrogen) atoms. The fourth-order valence-electron chi connectivity index (χ4n) is 2.27. The van der Waals surface area contributed by atoms with Crippen LogP contribution in [0.1, 0.15) is 5.56 Å². The van der Waals surface area contributed by atoms with Crippen LogP contribution in [0.2, 0.25) is 0 Å². The molecule has 76 valence electrons. The SMILES string of the molecule is C=CC=c1cccc2c1=Cc1ccccc1-2. The lowest BCUT2D eigenvalue weighted by Gasteiger charge is -1.99. The Labute approximate surface area is 94.9 Å². The molecule has 0 radical (unpaired) electrons. The van der Waals surface area contributed by atoms with E-state index in [-0.39, 0.29) is 0 Å². The van der Waals surface area contributed by atoms with Gasteiger partial charge in [-0.1, -0.05) is 61.2 Å². The van der Waals surface area contributed by atoms with Gasteiger partial charge < -0.3 is 0 Å². The number of fused-ring (bicyclic) bond motifs is 3. The summed E-state index contributed by atoms with van der Waals surface area (Å²) in [4.78, 5) is 0. The Morgan fingerprint density at radius 2 is 1.69 bits per heavy atom. The van der Waals surface area contributed by atoms with Gasteiger partial charge in [0.2, 0.25) is 0 Å². The van der Waals surface area contributed by atoms with Crippen molar-refractivity contribution < 1.29 is 0 Å². The van der Waals surface area contributed by atoms with Crippen molar-refractivity contribution in [3.63, 3.8) is 0 Å². The number of rotatable bonds is 1. The molecule has 0 N–H and O–H groups in total. The first-order valence-electron chi connectivity index (χ1n) is 5.43. The molecule has 0 nitrogen and oxygen atoms in total. The van der Waals surface area contributed by atoms with Crippen molar-refractivity contribution in [2.45, 2.75) is 0 Å². The van der Waals surface area contributed by atoms with Crippen LogP contribution < -0.4 is 10.4 Å². The Hall–Kier alpha value is -2.08. The highest BCUT2D eigenvalue weighted by Gasteiger charge is 2.10. The molecule has 0 aliphatic heterocycles. The molecule has 0 heteroatoms. The van der Waals surface area contributed by atoms with Gasteiger partial charge in [-0.15, -0.1) is 0 Å². The molecule has 0 saturated carbocycles. The van der Waals surface area contributed by atoms with Gasteiger partial charge in [-0.3, -0.25) is 0 Å². The van der Waals surface area contributed by atoms with Gasteiger partial charge in [0.1, 0.15) is 0 Å². The van der Waals surface area contributed by atoms with Crippen LogP contribution in [0.5, 0.6) is 0 Å². The summed E-state index contributed by atoms with van der Waals surface area (Å²) in [5, 5.41) is 2.55. The topological polar surface area (TPSA) is 0 Å². The minimum atomic E-state index is 1.24. The summed E-state index contributed by atoms with van der Waals surface area (Å²) in [7, 11) is 0. The number of hydrogen-bond donors (Lipinski definition) is 0. The lowest BCUT2D eigenvalue weighted by molar-refractivity contribution is 1.53. The highest BCUT2D eigenvalue weighted by Crippen LogP contribution is 2.24. The summed E-state index contributed by atoms with van der Waals surface area (Å²) in [5.74, 6) is 0. The smallest absolute Gasteiger partial charge is 0.00990 e. The van der Waals surface area contributed by atoms with Crippen LogP contribution in [0.25, 0.3) is 23.3 Å². The van der Waals surface area contributed by atoms with E-state index in [1.54, 1.807) is 0 Å². The second-order valence-electron chi connectivity index (χ2n) is 3.94. The Balaban J connectivity index is 2.43. The Bertz CT molecular complexity index is 675. The molecule has 0 atom stereocenters. The first-order chi connectivity index (χ1) is 7.90. The van der Waals surface area contributed by atoms with Crippen LogP contribution in [0.4, 0.5) is 0 Å². The van der Waals surface area contributed by atoms with Crippen molar-refractivity contribution in [3.05, 3.63) is 71.1 Å². The van der Waals surface area contributed by atoms with Crippen LogP contribution in [0.15, 0.2) is 55.1 Å². The summed E-state index contributed by atoms with van der Waals surface area (Å²) in [6.45, 7) is 3.76. The second-order valence-corrected chi connectivity index (χ2v) is 3.94. The molecule has 3 rings (SSSR count). The molecule has 1 aliphatic rings. The molecule has 0 aromatic heterocycles. The normalized spacial score (nSPS) is 12.9. The van der Waals surface area contributed by atoms with Gasteiger partial charge in [0.15, 0.2) is 0 Å². The fourth-order valence-corrected chi connectivity index (χ4v) is 2.27. The molecule has 0 amide bonds. The molecule has 2 aromatic rings. The lowest BCUT2D eigenvalue weighted by Crippen LogP contribution is -2.23. The largest absolute Gasteiger partial charge is 0.0990 e. The third kappa shape index (κ3) is 1.24. The maximum absolute atomic E-state index is 3.76. The van der Waals surface area contributed by atoms with E-state index in [4.69, 9.17) is 0 Å². The van der Waals surface area contributed by atoms with Crippen molar-refractivity contribution in [1.82, 2.24) is 0 Å². The molecular weight excluding hydrogens is 192 g/mol. The van der Waals surface area contributed by atoms with Gasteiger partial charge in [0.05, 0.1) is 0 Å². The number of benzene rings is 2. The van der Waals surface area contributed by atoms with Gasteiger partial charge in [0.25, 0.3) is 0 Å². The zero-order valence-electron chi connectivity index (χ0n) is 8.98. The Morgan fingerprint density at radius 3 is 2.56 bits per heavy atom. The van der Waals surface area contributed by atoms with E-state index in [1.165, 1.54) is 27.1 Å². The fraction of sp³-hybridized carbons (Fsp3) is 0. The van der Waals surface area contributed by atoms with Crippen LogP contribution >= 0.6 is 0 Å². The predicted molar refractivity (Wildman–Crippen MR) is 69.4 cm³/mol. The van der Waals surface area contributed by atoms with E-state index < -0.39 is 0 Å². The first kappa shape index (κ1) is 9.17. The van der Waals surface area contributed by atoms with Crippen molar-refractivity contribution in [2.75, 3.05) is 0 Å². The third-order valence-corrected chi connectivity index (χ3v) is 2.99. The minimum absolute atomic E-state index is 1.24. The monoisotopic (exact) mass is 204 g/mol. The average Bonchev–Trinajstić information content (AvgIpc) is 2.69. The van der Waals surface area contributed by atoms with Crippen LogP contribution in [0, 0.1) is 0 Å². The second kappa shape index (κ2) is 3.49.